The number of hydrogen-bond donors (Lipinski definition) is 3. The Morgan fingerprint density at radius 3 is 0.829 bits per heavy atom. The van der Waals surface area contributed by atoms with Crippen LogP contribution in [-0.4, -0.2) is 96.7 Å². The van der Waals surface area contributed by atoms with Crippen LogP contribution in [-0.2, 0) is 65.4 Å². The predicted octanol–water partition coefficient (Wildman–Crippen LogP) is 17.3. The van der Waals surface area contributed by atoms with Crippen LogP contribution in [0.1, 0.15) is 311 Å². The highest BCUT2D eigenvalue weighted by atomic mass is 31.2. The lowest BCUT2D eigenvalue weighted by Crippen LogP contribution is -2.30. The zero-order chi connectivity index (χ0) is 60.8. The molecule has 0 aliphatic rings. The minimum absolute atomic E-state index is 0.101. The molecule has 486 valence electrons. The number of phosphoric acid groups is 2. The van der Waals surface area contributed by atoms with Crippen LogP contribution in [0.25, 0.3) is 0 Å². The summed E-state index contributed by atoms with van der Waals surface area (Å²) in [6.45, 7) is 9.27. The standard InChI is InChI=1S/C63H122O17P2/c1-7-9-11-13-14-15-16-17-18-19-20-21-22-23-28-35-41-47-62(67)79-59(52-74-61(66)46-40-34-27-25-24-26-32-37-43-55(3)4)54-78-82(71,72)76-50-57(64)49-75-81(69,70)77-53-58(51-73-60(65)45-39-31-12-10-8-2)80-63(68)48-42-36-30-29-33-38-44-56(5)6/h55-59,64H,7-54H2,1-6H3,(H,69,70)(H,71,72)/t57-,58+,59+/m0/s1. The van der Waals surface area contributed by atoms with Gasteiger partial charge in [-0.1, -0.05) is 260 Å². The maximum absolute atomic E-state index is 13.0. The molecule has 3 N–H and O–H groups in total. The Labute approximate surface area is 498 Å². The second-order valence-corrected chi connectivity index (χ2v) is 26.7. The molecular formula is C63H122O17P2. The number of carbonyl (C=O) groups excluding carboxylic acids is 4. The van der Waals surface area contributed by atoms with Crippen molar-refractivity contribution in [2.45, 2.75) is 330 Å². The van der Waals surface area contributed by atoms with Gasteiger partial charge in [-0.15, -0.1) is 0 Å². The van der Waals surface area contributed by atoms with E-state index in [0.717, 1.165) is 102 Å². The minimum Gasteiger partial charge on any atom is -0.462 e. The van der Waals surface area contributed by atoms with Crippen molar-refractivity contribution in [3.8, 4) is 0 Å². The quantitative estimate of drug-likeness (QED) is 0.0222. The highest BCUT2D eigenvalue weighted by Crippen LogP contribution is 2.45. The summed E-state index contributed by atoms with van der Waals surface area (Å²) in [5.41, 5.74) is 0. The first-order valence-electron chi connectivity index (χ1n) is 33.0. The summed E-state index contributed by atoms with van der Waals surface area (Å²) in [5.74, 6) is -0.754. The molecule has 0 spiro atoms. The number of unbranched alkanes of at least 4 members (excludes halogenated alkanes) is 32. The molecule has 0 radical (unpaired) electrons. The number of ether oxygens (including phenoxy) is 4. The topological polar surface area (TPSA) is 237 Å². The molecule has 0 amide bonds. The van der Waals surface area contributed by atoms with Crippen LogP contribution in [0.4, 0.5) is 0 Å². The van der Waals surface area contributed by atoms with Gasteiger partial charge >= 0.3 is 39.5 Å². The van der Waals surface area contributed by atoms with Crippen LogP contribution >= 0.6 is 15.6 Å². The molecule has 17 nitrogen and oxygen atoms in total. The summed E-state index contributed by atoms with van der Waals surface area (Å²) in [4.78, 5) is 71.9. The van der Waals surface area contributed by atoms with Crippen molar-refractivity contribution in [3.05, 3.63) is 0 Å². The van der Waals surface area contributed by atoms with E-state index in [4.69, 9.17) is 37.0 Å². The van der Waals surface area contributed by atoms with Gasteiger partial charge in [0, 0.05) is 25.7 Å². The first-order valence-corrected chi connectivity index (χ1v) is 36.0. The maximum Gasteiger partial charge on any atom is 0.472 e. The van der Waals surface area contributed by atoms with E-state index in [2.05, 4.69) is 41.5 Å². The third kappa shape index (κ3) is 57.2. The summed E-state index contributed by atoms with van der Waals surface area (Å²) in [7, 11) is -9.88. The number of carbonyl (C=O) groups is 4. The minimum atomic E-state index is -4.94. The van der Waals surface area contributed by atoms with Crippen LogP contribution in [0.15, 0.2) is 0 Å². The van der Waals surface area contributed by atoms with Crippen LogP contribution in [0.3, 0.4) is 0 Å². The summed E-state index contributed by atoms with van der Waals surface area (Å²) < 4.78 is 67.7. The summed E-state index contributed by atoms with van der Waals surface area (Å²) >= 11 is 0. The Kier molecular flexibility index (Phi) is 54.3. The largest absolute Gasteiger partial charge is 0.472 e. The fourth-order valence-corrected chi connectivity index (χ4v) is 10.9. The van der Waals surface area contributed by atoms with E-state index in [1.54, 1.807) is 0 Å². The van der Waals surface area contributed by atoms with Crippen molar-refractivity contribution in [2.75, 3.05) is 39.6 Å². The third-order valence-corrected chi connectivity index (χ3v) is 16.4. The van der Waals surface area contributed by atoms with Gasteiger partial charge < -0.3 is 33.8 Å². The number of aliphatic hydroxyl groups is 1. The van der Waals surface area contributed by atoms with E-state index >= 15 is 0 Å². The molecule has 2 unspecified atom stereocenters. The van der Waals surface area contributed by atoms with Crippen molar-refractivity contribution < 1.29 is 80.2 Å². The average Bonchev–Trinajstić information content (AvgIpc) is 3.46. The number of esters is 4. The molecule has 0 aromatic rings. The zero-order valence-corrected chi connectivity index (χ0v) is 54.6. The molecule has 0 aliphatic carbocycles. The monoisotopic (exact) mass is 1210 g/mol. The second kappa shape index (κ2) is 55.6. The fraction of sp³-hybridized carbons (Fsp3) is 0.937. The van der Waals surface area contributed by atoms with E-state index < -0.39 is 97.5 Å². The van der Waals surface area contributed by atoms with Crippen molar-refractivity contribution >= 4 is 39.5 Å². The smallest absolute Gasteiger partial charge is 0.462 e. The van der Waals surface area contributed by atoms with Gasteiger partial charge in [0.25, 0.3) is 0 Å². The molecular weight excluding hydrogens is 1090 g/mol. The second-order valence-electron chi connectivity index (χ2n) is 23.7. The zero-order valence-electron chi connectivity index (χ0n) is 52.8. The lowest BCUT2D eigenvalue weighted by Gasteiger charge is -2.21. The molecule has 0 aromatic carbocycles. The van der Waals surface area contributed by atoms with E-state index in [1.165, 1.54) is 122 Å². The Morgan fingerprint density at radius 1 is 0.329 bits per heavy atom. The normalized spacial score (nSPS) is 14.3. The van der Waals surface area contributed by atoms with Crippen molar-refractivity contribution in [1.29, 1.82) is 0 Å². The van der Waals surface area contributed by atoms with Gasteiger partial charge in [0.1, 0.15) is 19.3 Å². The van der Waals surface area contributed by atoms with Gasteiger partial charge in [-0.05, 0) is 37.5 Å². The summed E-state index contributed by atoms with van der Waals surface area (Å²) in [5, 5.41) is 10.5. The highest BCUT2D eigenvalue weighted by Gasteiger charge is 2.30. The molecule has 0 heterocycles. The predicted molar refractivity (Wildman–Crippen MR) is 326 cm³/mol. The molecule has 5 atom stereocenters. The van der Waals surface area contributed by atoms with Crippen LogP contribution in [0, 0.1) is 11.8 Å². The molecule has 0 bridgehead atoms. The van der Waals surface area contributed by atoms with Crippen molar-refractivity contribution in [2.24, 2.45) is 11.8 Å². The molecule has 19 heteroatoms. The molecule has 0 aliphatic heterocycles. The summed E-state index contributed by atoms with van der Waals surface area (Å²) in [6, 6.07) is 0. The van der Waals surface area contributed by atoms with Gasteiger partial charge in [-0.3, -0.25) is 37.3 Å². The van der Waals surface area contributed by atoms with Crippen molar-refractivity contribution in [1.82, 2.24) is 0 Å². The van der Waals surface area contributed by atoms with Crippen molar-refractivity contribution in [3.63, 3.8) is 0 Å². The first-order chi connectivity index (χ1) is 39.4. The fourth-order valence-electron chi connectivity index (χ4n) is 9.35. The average molecular weight is 1210 g/mol. The number of phosphoric ester groups is 2. The van der Waals surface area contributed by atoms with Gasteiger partial charge in [0.15, 0.2) is 12.2 Å². The number of aliphatic hydroxyl groups excluding tert-OH is 1. The molecule has 0 saturated carbocycles. The Morgan fingerprint density at radius 2 is 0.561 bits per heavy atom. The van der Waals surface area contributed by atoms with E-state index in [1.807, 2.05) is 0 Å². The Balaban J connectivity index is 5.15. The molecule has 0 rings (SSSR count). The van der Waals surface area contributed by atoms with Crippen LogP contribution in [0.5, 0.6) is 0 Å². The third-order valence-electron chi connectivity index (χ3n) is 14.5. The van der Waals surface area contributed by atoms with Gasteiger partial charge in [0.2, 0.25) is 0 Å². The molecule has 0 aromatic heterocycles. The highest BCUT2D eigenvalue weighted by molar-refractivity contribution is 7.47. The maximum atomic E-state index is 13.0. The molecule has 82 heavy (non-hydrogen) atoms. The first kappa shape index (κ1) is 80.1. The van der Waals surface area contributed by atoms with E-state index in [9.17, 15) is 43.2 Å². The van der Waals surface area contributed by atoms with Gasteiger partial charge in [0.05, 0.1) is 26.4 Å². The van der Waals surface area contributed by atoms with Crippen LogP contribution < -0.4 is 0 Å². The Hall–Kier alpha value is -1.94. The van der Waals surface area contributed by atoms with E-state index in [0.29, 0.717) is 31.6 Å². The lowest BCUT2D eigenvalue weighted by molar-refractivity contribution is -0.161. The molecule has 0 fully saturated rings. The number of hydrogen-bond acceptors (Lipinski definition) is 15. The van der Waals surface area contributed by atoms with E-state index in [-0.39, 0.29) is 25.7 Å². The van der Waals surface area contributed by atoms with Gasteiger partial charge in [-0.25, -0.2) is 9.13 Å². The number of rotatable bonds is 62. The van der Waals surface area contributed by atoms with Gasteiger partial charge in [-0.2, -0.15) is 0 Å². The Bertz CT molecular complexity index is 1620. The van der Waals surface area contributed by atoms with Crippen LogP contribution in [0.2, 0.25) is 0 Å². The molecule has 0 saturated heterocycles. The SMILES string of the molecule is CCCCCCCCCCCCCCCCCCCC(=O)O[C@H](COC(=O)CCCCCCCCCCC(C)C)COP(=O)(O)OC[C@@H](O)COP(=O)(O)OC[C@@H](COC(=O)CCCCCCC)OC(=O)CCCCCCCCC(C)C. The lowest BCUT2D eigenvalue weighted by atomic mass is 10.0. The summed E-state index contributed by atoms with van der Waals surface area (Å²) in [6.07, 6.45) is 38.2.